The van der Waals surface area contributed by atoms with Gasteiger partial charge in [-0.05, 0) is 23.6 Å². The van der Waals surface area contributed by atoms with Crippen molar-refractivity contribution < 1.29 is 10.0 Å². The quantitative estimate of drug-likeness (QED) is 0.621. The second-order valence-electron chi connectivity index (χ2n) is 5.92. The van der Waals surface area contributed by atoms with Gasteiger partial charge in [-0.1, -0.05) is 24.3 Å². The van der Waals surface area contributed by atoms with Crippen LogP contribution in [0.1, 0.15) is 11.1 Å². The fourth-order valence-electron chi connectivity index (χ4n) is 2.97. The Hall–Kier alpha value is -2.51. The van der Waals surface area contributed by atoms with Crippen molar-refractivity contribution in [3.63, 3.8) is 0 Å². The largest absolute Gasteiger partial charge is 0.390 e. The van der Waals surface area contributed by atoms with Crippen LogP contribution in [0.4, 0.5) is 11.5 Å². The molecule has 2 heterocycles. The number of pyridine rings is 1. The molecule has 2 N–H and O–H groups in total. The molecule has 3 rings (SSSR count). The van der Waals surface area contributed by atoms with Crippen LogP contribution in [0.5, 0.6) is 0 Å². The van der Waals surface area contributed by atoms with Crippen molar-refractivity contribution in [2.75, 3.05) is 25.0 Å². The molecule has 126 valence electrons. The molecule has 0 bridgehead atoms. The summed E-state index contributed by atoms with van der Waals surface area (Å²) in [5, 5.41) is 24.1. The second kappa shape index (κ2) is 7.37. The number of aliphatic hydroxyl groups excluding tert-OH is 1. The summed E-state index contributed by atoms with van der Waals surface area (Å²) in [5.41, 5.74) is 2.58. The first-order valence-corrected chi connectivity index (χ1v) is 7.94. The Morgan fingerprint density at radius 2 is 2.08 bits per heavy atom. The van der Waals surface area contributed by atoms with Crippen LogP contribution in [0, 0.1) is 10.1 Å². The van der Waals surface area contributed by atoms with Gasteiger partial charge in [0, 0.05) is 38.4 Å². The molecule has 1 aliphatic heterocycles. The van der Waals surface area contributed by atoms with Crippen LogP contribution in [0.25, 0.3) is 0 Å². The molecule has 0 spiro atoms. The molecule has 24 heavy (non-hydrogen) atoms. The van der Waals surface area contributed by atoms with Crippen molar-refractivity contribution in [3.05, 3.63) is 63.8 Å². The molecule has 1 aromatic carbocycles. The lowest BCUT2D eigenvalue weighted by Gasteiger charge is -2.30. The van der Waals surface area contributed by atoms with Crippen molar-refractivity contribution in [1.29, 1.82) is 0 Å². The van der Waals surface area contributed by atoms with E-state index in [1.165, 1.54) is 29.5 Å². The molecule has 0 amide bonds. The zero-order valence-corrected chi connectivity index (χ0v) is 13.3. The summed E-state index contributed by atoms with van der Waals surface area (Å²) >= 11 is 0. The van der Waals surface area contributed by atoms with Gasteiger partial charge in [-0.15, -0.1) is 0 Å². The summed E-state index contributed by atoms with van der Waals surface area (Å²) in [7, 11) is 0. The summed E-state index contributed by atoms with van der Waals surface area (Å²) in [6.45, 7) is 2.45. The SMILES string of the molecule is O=[N+]([O-])c1cccnc1NC[C@H](O)CN1CCc2ccccc2C1. The first-order chi connectivity index (χ1) is 11.6. The normalized spacial score (nSPS) is 15.5. The highest BCUT2D eigenvalue weighted by Gasteiger charge is 2.19. The third kappa shape index (κ3) is 3.87. The van der Waals surface area contributed by atoms with Crippen LogP contribution in [0.15, 0.2) is 42.6 Å². The topological polar surface area (TPSA) is 91.5 Å². The van der Waals surface area contributed by atoms with Gasteiger partial charge in [0.2, 0.25) is 5.82 Å². The molecule has 0 unspecified atom stereocenters. The van der Waals surface area contributed by atoms with E-state index in [9.17, 15) is 15.2 Å². The number of nitrogens with zero attached hydrogens (tertiary/aromatic N) is 3. The number of rotatable bonds is 6. The highest BCUT2D eigenvalue weighted by molar-refractivity contribution is 5.55. The fourth-order valence-corrected chi connectivity index (χ4v) is 2.97. The van der Waals surface area contributed by atoms with Crippen molar-refractivity contribution in [2.24, 2.45) is 0 Å². The number of hydrogen-bond donors (Lipinski definition) is 2. The zero-order valence-electron chi connectivity index (χ0n) is 13.3. The van der Waals surface area contributed by atoms with E-state index in [4.69, 9.17) is 0 Å². The maximum Gasteiger partial charge on any atom is 0.311 e. The summed E-state index contributed by atoms with van der Waals surface area (Å²) in [5.74, 6) is 0.186. The molecular formula is C17H20N4O3. The number of aliphatic hydroxyl groups is 1. The van der Waals surface area contributed by atoms with E-state index < -0.39 is 11.0 Å². The Kier molecular flexibility index (Phi) is 5.02. The van der Waals surface area contributed by atoms with E-state index in [1.54, 1.807) is 0 Å². The number of nitro groups is 1. The molecule has 7 heteroatoms. The number of anilines is 1. The van der Waals surface area contributed by atoms with Gasteiger partial charge < -0.3 is 10.4 Å². The van der Waals surface area contributed by atoms with Gasteiger partial charge >= 0.3 is 5.69 Å². The van der Waals surface area contributed by atoms with Gasteiger partial charge in [-0.25, -0.2) is 4.98 Å². The van der Waals surface area contributed by atoms with E-state index in [0.29, 0.717) is 6.54 Å². The van der Waals surface area contributed by atoms with Crippen molar-refractivity contribution in [3.8, 4) is 0 Å². The number of aromatic nitrogens is 1. The molecule has 1 atom stereocenters. The van der Waals surface area contributed by atoms with Crippen LogP contribution >= 0.6 is 0 Å². The lowest BCUT2D eigenvalue weighted by molar-refractivity contribution is -0.384. The van der Waals surface area contributed by atoms with Crippen LogP contribution in [0.2, 0.25) is 0 Å². The Bertz CT molecular complexity index is 722. The van der Waals surface area contributed by atoms with Crippen molar-refractivity contribution in [1.82, 2.24) is 9.88 Å². The summed E-state index contributed by atoms with van der Waals surface area (Å²) in [6, 6.07) is 11.2. The minimum absolute atomic E-state index is 0.0865. The predicted octanol–water partition coefficient (Wildman–Crippen LogP) is 1.82. The molecule has 0 fully saturated rings. The minimum Gasteiger partial charge on any atom is -0.390 e. The second-order valence-corrected chi connectivity index (χ2v) is 5.92. The number of fused-ring (bicyclic) bond motifs is 1. The molecule has 0 radical (unpaired) electrons. The van der Waals surface area contributed by atoms with E-state index in [0.717, 1.165) is 19.5 Å². The molecule has 7 nitrogen and oxygen atoms in total. The van der Waals surface area contributed by atoms with Gasteiger partial charge in [0.15, 0.2) is 0 Å². The van der Waals surface area contributed by atoms with E-state index in [-0.39, 0.29) is 18.1 Å². The summed E-state index contributed by atoms with van der Waals surface area (Å²) in [4.78, 5) is 16.6. The van der Waals surface area contributed by atoms with Crippen molar-refractivity contribution >= 4 is 11.5 Å². The average Bonchev–Trinajstić information content (AvgIpc) is 2.60. The Morgan fingerprint density at radius 1 is 1.29 bits per heavy atom. The molecule has 1 aliphatic rings. The standard InChI is InChI=1S/C17H20N4O3/c22-15(10-19-17-16(21(23)24)6-3-8-18-17)12-20-9-7-13-4-1-2-5-14(13)11-20/h1-6,8,15,22H,7,9-12H2,(H,18,19)/t15-/m0/s1. The smallest absolute Gasteiger partial charge is 0.311 e. The summed E-state index contributed by atoms with van der Waals surface area (Å²) < 4.78 is 0. The average molecular weight is 328 g/mol. The fraction of sp³-hybridized carbons (Fsp3) is 0.353. The Labute approximate surface area is 140 Å². The van der Waals surface area contributed by atoms with Crippen LogP contribution < -0.4 is 5.32 Å². The molecule has 0 aliphatic carbocycles. The number of nitrogens with one attached hydrogen (secondary N) is 1. The van der Waals surface area contributed by atoms with Crippen LogP contribution in [-0.4, -0.2) is 45.7 Å². The van der Waals surface area contributed by atoms with E-state index in [1.807, 2.05) is 12.1 Å². The number of benzene rings is 1. The lowest BCUT2D eigenvalue weighted by Crippen LogP contribution is -2.39. The molecular weight excluding hydrogens is 308 g/mol. The zero-order chi connectivity index (χ0) is 16.9. The van der Waals surface area contributed by atoms with Gasteiger partial charge in [0.1, 0.15) is 0 Å². The Balaban J connectivity index is 1.54. The van der Waals surface area contributed by atoms with Gasteiger partial charge in [-0.3, -0.25) is 15.0 Å². The minimum atomic E-state index is -0.628. The maximum atomic E-state index is 11.0. The van der Waals surface area contributed by atoms with E-state index >= 15 is 0 Å². The molecule has 1 aromatic heterocycles. The van der Waals surface area contributed by atoms with Crippen LogP contribution in [0.3, 0.4) is 0 Å². The highest BCUT2D eigenvalue weighted by atomic mass is 16.6. The Morgan fingerprint density at radius 3 is 2.88 bits per heavy atom. The third-order valence-corrected chi connectivity index (χ3v) is 4.17. The first kappa shape index (κ1) is 16.4. The monoisotopic (exact) mass is 328 g/mol. The van der Waals surface area contributed by atoms with Gasteiger partial charge in [-0.2, -0.15) is 0 Å². The predicted molar refractivity (Wildman–Crippen MR) is 90.8 cm³/mol. The third-order valence-electron chi connectivity index (χ3n) is 4.17. The van der Waals surface area contributed by atoms with E-state index in [2.05, 4.69) is 27.3 Å². The molecule has 0 saturated heterocycles. The van der Waals surface area contributed by atoms with Gasteiger partial charge in [0.25, 0.3) is 0 Å². The number of β-amino-alcohol motifs (C(OH)–C–C–N with tert-alkyl or cyclic N) is 1. The first-order valence-electron chi connectivity index (χ1n) is 7.94. The number of hydrogen-bond acceptors (Lipinski definition) is 6. The van der Waals surface area contributed by atoms with Gasteiger partial charge in [0.05, 0.1) is 11.0 Å². The van der Waals surface area contributed by atoms with Crippen LogP contribution in [-0.2, 0) is 13.0 Å². The molecule has 2 aromatic rings. The molecule has 0 saturated carbocycles. The summed E-state index contributed by atoms with van der Waals surface area (Å²) in [6.07, 6.45) is 1.84. The van der Waals surface area contributed by atoms with Crippen molar-refractivity contribution in [2.45, 2.75) is 19.1 Å². The highest BCUT2D eigenvalue weighted by Crippen LogP contribution is 2.21. The lowest BCUT2D eigenvalue weighted by atomic mass is 10.00. The maximum absolute atomic E-state index is 11.0.